The lowest BCUT2D eigenvalue weighted by atomic mass is 9.91. The number of carbonyl (C=O) groups excluding carboxylic acids is 2. The predicted octanol–water partition coefficient (Wildman–Crippen LogP) is 7.54. The van der Waals surface area contributed by atoms with Gasteiger partial charge in [0.2, 0.25) is 5.91 Å². The van der Waals surface area contributed by atoms with Crippen molar-refractivity contribution in [3.05, 3.63) is 95.3 Å². The molecule has 0 N–H and O–H groups in total. The number of piperazine rings is 1. The molecule has 3 amide bonds. The largest absolute Gasteiger partial charge is 0.496 e. The van der Waals surface area contributed by atoms with Crippen LogP contribution in [-0.4, -0.2) is 94.8 Å². The van der Waals surface area contributed by atoms with Crippen LogP contribution in [-0.2, 0) is 38.7 Å². The molecule has 0 radical (unpaired) electrons. The van der Waals surface area contributed by atoms with Gasteiger partial charge in [0.25, 0.3) is 5.60 Å². The fourth-order valence-electron chi connectivity index (χ4n) is 5.88. The van der Waals surface area contributed by atoms with Crippen LogP contribution in [0.15, 0.2) is 77.7 Å². The van der Waals surface area contributed by atoms with Gasteiger partial charge in [-0.2, -0.15) is 39.5 Å². The van der Waals surface area contributed by atoms with E-state index in [0.29, 0.717) is 80.9 Å². The van der Waals surface area contributed by atoms with Gasteiger partial charge in [0.05, 0.1) is 35.3 Å². The molecule has 8 nitrogen and oxygen atoms in total. The van der Waals surface area contributed by atoms with Gasteiger partial charge in [-0.1, -0.05) is 36.4 Å². The third kappa shape index (κ3) is 9.64. The van der Waals surface area contributed by atoms with Crippen molar-refractivity contribution >= 4 is 22.7 Å². The molecule has 2 saturated heterocycles. The maximum atomic E-state index is 13.6. The van der Waals surface area contributed by atoms with E-state index < -0.39 is 64.0 Å². The molecule has 2 atom stereocenters. The molecule has 5 rings (SSSR count). The minimum absolute atomic E-state index is 0.0306. The van der Waals surface area contributed by atoms with Crippen molar-refractivity contribution in [1.29, 1.82) is 0 Å². The number of methoxy groups -OCH3 is 1. The van der Waals surface area contributed by atoms with Gasteiger partial charge in [0, 0.05) is 62.2 Å². The summed E-state index contributed by atoms with van der Waals surface area (Å²) < 4.78 is 155. The van der Waals surface area contributed by atoms with Gasteiger partial charge in [-0.15, -0.1) is 0 Å². The summed E-state index contributed by atoms with van der Waals surface area (Å²) in [6.45, 7) is 3.41. The first-order valence-electron chi connectivity index (χ1n) is 16.2. The summed E-state index contributed by atoms with van der Waals surface area (Å²) in [6.07, 6.45) is -15.9. The molecule has 2 fully saturated rings. The fraction of sp³-hybridized carbons (Fsp3) is 0.429. The van der Waals surface area contributed by atoms with Crippen molar-refractivity contribution in [3.63, 3.8) is 0 Å². The summed E-state index contributed by atoms with van der Waals surface area (Å²) in [5.74, 6) is -0.886. The van der Waals surface area contributed by atoms with Crippen LogP contribution in [0.25, 0.3) is 0 Å². The highest BCUT2D eigenvalue weighted by atomic mass is 32.2. The summed E-state index contributed by atoms with van der Waals surface area (Å²) in [4.78, 5) is 29.8. The van der Waals surface area contributed by atoms with Crippen molar-refractivity contribution in [2.45, 2.75) is 54.2 Å². The molecule has 2 unspecified atom stereocenters. The number of rotatable bonds is 7. The third-order valence-electron chi connectivity index (χ3n) is 8.80. The van der Waals surface area contributed by atoms with Gasteiger partial charge in [-0.25, -0.2) is 9.18 Å². The monoisotopic (exact) mass is 799 g/mol. The Kier molecular flexibility index (Phi) is 13.3. The van der Waals surface area contributed by atoms with E-state index in [9.17, 15) is 57.7 Å². The van der Waals surface area contributed by atoms with Crippen molar-refractivity contribution in [3.8, 4) is 5.75 Å². The third-order valence-corrected chi connectivity index (χ3v) is 10.5. The molecule has 0 aliphatic carbocycles. The number of hydrogen-bond donors (Lipinski definition) is 0. The van der Waals surface area contributed by atoms with Gasteiger partial charge in [0.15, 0.2) is 0 Å². The average Bonchev–Trinajstić information content (AvgIpc) is 3.61. The first-order chi connectivity index (χ1) is 25.2. The van der Waals surface area contributed by atoms with Crippen LogP contribution in [0.2, 0.25) is 0 Å². The molecule has 54 heavy (non-hydrogen) atoms. The van der Waals surface area contributed by atoms with Crippen molar-refractivity contribution in [1.82, 2.24) is 14.7 Å². The number of nitrogens with zero attached hydrogens (tertiary/aromatic N) is 3. The highest BCUT2D eigenvalue weighted by Gasteiger charge is 2.73. The molecule has 0 spiro atoms. The molecule has 3 aromatic carbocycles. The van der Waals surface area contributed by atoms with E-state index in [1.165, 1.54) is 37.3 Å². The lowest BCUT2D eigenvalue weighted by Gasteiger charge is -2.37. The zero-order valence-corrected chi connectivity index (χ0v) is 29.5. The zero-order valence-electron chi connectivity index (χ0n) is 28.7. The minimum atomic E-state index is -5.91. The van der Waals surface area contributed by atoms with E-state index >= 15 is 0 Å². The summed E-state index contributed by atoms with van der Waals surface area (Å²) in [5, 5.41) is -0.132. The normalized spacial score (nSPS) is 17.5. The maximum Gasteiger partial charge on any atom is 0.430 e. The van der Waals surface area contributed by atoms with Gasteiger partial charge in [-0.3, -0.25) is 9.00 Å². The van der Waals surface area contributed by atoms with Crippen LogP contribution in [0.4, 0.5) is 48.7 Å². The zero-order chi connectivity index (χ0) is 40.1. The van der Waals surface area contributed by atoms with Gasteiger partial charge >= 0.3 is 24.6 Å². The van der Waals surface area contributed by atoms with E-state index in [4.69, 9.17) is 0 Å². The Morgan fingerprint density at radius 3 is 1.85 bits per heavy atom. The molecule has 2 heterocycles. The molecule has 0 aromatic heterocycles. The van der Waals surface area contributed by atoms with Crippen LogP contribution in [0.1, 0.15) is 30.0 Å². The van der Waals surface area contributed by atoms with Crippen LogP contribution < -0.4 is 4.74 Å². The molecule has 3 aromatic rings. The van der Waals surface area contributed by atoms with Crippen LogP contribution in [0.3, 0.4) is 0 Å². The molecular formula is C35H35F10N3O5S. The number of carbonyl (C=O) groups is 2. The quantitative estimate of drug-likeness (QED) is 0.231. The van der Waals surface area contributed by atoms with E-state index in [-0.39, 0.29) is 23.0 Å². The number of urea groups is 1. The maximum absolute atomic E-state index is 13.6. The molecule has 296 valence electrons. The van der Waals surface area contributed by atoms with Gasteiger partial charge in [0.1, 0.15) is 11.6 Å². The average molecular weight is 800 g/mol. The predicted molar refractivity (Wildman–Crippen MR) is 175 cm³/mol. The number of hydrogen-bond acceptors (Lipinski definition) is 5. The SMILES string of the molecule is CC(=O)N1CCN(C(=O)N2CCC(S(=O)c3ccc(F)cc3)C2)CC1.COc1cc(C(F)(F)F)ccc1COC(c1ccccc1)(C(F)(F)F)C(F)(F)F. The number of halogens is 10. The highest BCUT2D eigenvalue weighted by Crippen LogP contribution is 2.53. The van der Waals surface area contributed by atoms with Crippen molar-refractivity contribution in [2.75, 3.05) is 46.4 Å². The Balaban J connectivity index is 0.000000243. The lowest BCUT2D eigenvalue weighted by molar-refractivity contribution is -0.392. The van der Waals surface area contributed by atoms with E-state index in [1.807, 2.05) is 0 Å². The molecule has 19 heteroatoms. The van der Waals surface area contributed by atoms with E-state index in [1.54, 1.807) is 14.7 Å². The summed E-state index contributed by atoms with van der Waals surface area (Å²) >= 11 is 0. The van der Waals surface area contributed by atoms with Gasteiger partial charge in [-0.05, 0) is 42.8 Å². The number of amides is 3. The van der Waals surface area contributed by atoms with Crippen molar-refractivity contribution < 1.29 is 67.2 Å². The first kappa shape index (κ1) is 42.4. The standard InChI is InChI=1S/C18H13F9O2.C17H22FN3O3S/c1-28-14-9-13(16(19,20)21)8-7-11(14)10-29-15(17(22,23)24,18(25,26)27)12-5-3-2-4-6-12;1-13(22)19-8-10-20(11-9-19)17(23)21-7-6-16(12-21)25(24)15-4-2-14(18)3-5-15/h2-9H,10H2,1H3;2-5,16H,6-12H2,1H3. The van der Waals surface area contributed by atoms with Crippen LogP contribution in [0, 0.1) is 5.82 Å². The Hall–Kier alpha value is -4.39. The van der Waals surface area contributed by atoms with Crippen LogP contribution in [0.5, 0.6) is 5.75 Å². The minimum Gasteiger partial charge on any atom is -0.496 e. The number of benzene rings is 3. The summed E-state index contributed by atoms with van der Waals surface area (Å²) in [6, 6.07) is 11.7. The van der Waals surface area contributed by atoms with Gasteiger partial charge < -0.3 is 24.2 Å². The Labute approximate surface area is 306 Å². The second kappa shape index (κ2) is 17.0. The van der Waals surface area contributed by atoms with Crippen LogP contribution >= 0.6 is 0 Å². The lowest BCUT2D eigenvalue weighted by Crippen LogP contribution is -2.55. The second-order valence-electron chi connectivity index (χ2n) is 12.2. The fourth-order valence-corrected chi connectivity index (χ4v) is 7.31. The topological polar surface area (TPSA) is 79.4 Å². The number of alkyl halides is 9. The number of ether oxygens (including phenoxy) is 2. The number of likely N-dealkylation sites (tertiary alicyclic amines) is 1. The second-order valence-corrected chi connectivity index (χ2v) is 14.0. The first-order valence-corrected chi connectivity index (χ1v) is 17.4. The summed E-state index contributed by atoms with van der Waals surface area (Å²) in [5.41, 5.74) is -7.51. The molecule has 0 bridgehead atoms. The molecular weight excluding hydrogens is 764 g/mol. The molecule has 2 aliphatic rings. The van der Waals surface area contributed by atoms with Crippen molar-refractivity contribution in [2.24, 2.45) is 0 Å². The smallest absolute Gasteiger partial charge is 0.430 e. The molecule has 0 saturated carbocycles. The van der Waals surface area contributed by atoms with E-state index in [2.05, 4.69) is 9.47 Å². The molecule has 2 aliphatic heterocycles. The Morgan fingerprint density at radius 2 is 1.33 bits per heavy atom. The Morgan fingerprint density at radius 1 is 0.759 bits per heavy atom. The Bertz CT molecular complexity index is 1750. The summed E-state index contributed by atoms with van der Waals surface area (Å²) in [7, 11) is -0.326. The van der Waals surface area contributed by atoms with E-state index in [0.717, 1.165) is 19.2 Å². The highest BCUT2D eigenvalue weighted by molar-refractivity contribution is 7.85.